The Morgan fingerprint density at radius 1 is 0.900 bits per heavy atom. The van der Waals surface area contributed by atoms with Crippen LogP contribution < -0.4 is 0 Å². The number of nitrogens with one attached hydrogen (secondary N) is 2. The van der Waals surface area contributed by atoms with Gasteiger partial charge >= 0.3 is 0 Å². The lowest BCUT2D eigenvalue weighted by atomic mass is 10.2. The number of imidazole rings is 1. The Hall–Kier alpha value is -1.92. The zero-order valence-corrected chi connectivity index (χ0v) is 12.3. The van der Waals surface area contributed by atoms with Crippen molar-refractivity contribution < 1.29 is 8.42 Å². The van der Waals surface area contributed by atoms with Gasteiger partial charge in [0.05, 0.1) is 20.8 Å². The van der Waals surface area contributed by atoms with Gasteiger partial charge in [0.15, 0.2) is 4.77 Å². The molecule has 1 heterocycles. The van der Waals surface area contributed by atoms with Crippen molar-refractivity contribution in [2.24, 2.45) is 0 Å². The van der Waals surface area contributed by atoms with E-state index in [0.29, 0.717) is 10.3 Å². The molecule has 0 radical (unpaired) electrons. The van der Waals surface area contributed by atoms with E-state index in [1.54, 1.807) is 42.5 Å². The maximum Gasteiger partial charge on any atom is 0.206 e. The molecule has 0 unspecified atom stereocenters. The van der Waals surface area contributed by atoms with Crippen molar-refractivity contribution >= 4 is 33.1 Å². The number of sulfone groups is 1. The average Bonchev–Trinajstić information content (AvgIpc) is 2.78. The number of aryl methyl sites for hydroxylation is 1. The molecule has 2 aromatic carbocycles. The van der Waals surface area contributed by atoms with E-state index >= 15 is 0 Å². The predicted octanol–water partition coefficient (Wildman–Crippen LogP) is 3.37. The van der Waals surface area contributed by atoms with Gasteiger partial charge in [-0.3, -0.25) is 0 Å². The first-order valence-corrected chi connectivity index (χ1v) is 7.90. The van der Waals surface area contributed by atoms with E-state index in [2.05, 4.69) is 9.97 Å². The predicted molar refractivity (Wildman–Crippen MR) is 80.1 cm³/mol. The summed E-state index contributed by atoms with van der Waals surface area (Å²) in [4.78, 5) is 6.41. The van der Waals surface area contributed by atoms with Crippen LogP contribution in [0.15, 0.2) is 52.3 Å². The molecule has 0 atom stereocenters. The molecule has 2 N–H and O–H groups in total. The Labute approximate surface area is 121 Å². The van der Waals surface area contributed by atoms with Gasteiger partial charge in [0.25, 0.3) is 0 Å². The molecule has 0 amide bonds. The van der Waals surface area contributed by atoms with Crippen LogP contribution in [0.1, 0.15) is 5.56 Å². The van der Waals surface area contributed by atoms with Crippen molar-refractivity contribution in [1.82, 2.24) is 9.97 Å². The topological polar surface area (TPSA) is 65.7 Å². The highest BCUT2D eigenvalue weighted by Gasteiger charge is 2.18. The first-order valence-electron chi connectivity index (χ1n) is 6.01. The minimum absolute atomic E-state index is 0.249. The second-order valence-corrected chi connectivity index (χ2v) is 6.96. The maximum absolute atomic E-state index is 12.5. The molecule has 4 nitrogen and oxygen atoms in total. The van der Waals surface area contributed by atoms with Crippen molar-refractivity contribution in [3.63, 3.8) is 0 Å². The Morgan fingerprint density at radius 2 is 1.50 bits per heavy atom. The lowest BCUT2D eigenvalue weighted by Crippen LogP contribution is -2.01. The van der Waals surface area contributed by atoms with Crippen LogP contribution in [-0.4, -0.2) is 18.4 Å². The fourth-order valence-corrected chi connectivity index (χ4v) is 3.54. The molecular formula is C14H12N2O2S2. The Balaban J connectivity index is 2.17. The van der Waals surface area contributed by atoms with Gasteiger partial charge in [-0.05, 0) is 49.5 Å². The van der Waals surface area contributed by atoms with E-state index in [0.717, 1.165) is 11.1 Å². The molecule has 0 spiro atoms. The molecular weight excluding hydrogens is 292 g/mol. The standard InChI is InChI=1S/C14H12N2O2S2/c1-9-2-4-10(5-3-9)20(17,18)11-6-7-12-13(8-11)16-14(19)15-12/h2-8H,1H3,(H2,15,16,19). The van der Waals surface area contributed by atoms with Crippen LogP contribution in [0.3, 0.4) is 0 Å². The Bertz CT molecular complexity index is 935. The molecule has 0 aliphatic carbocycles. The molecule has 0 bridgehead atoms. The van der Waals surface area contributed by atoms with Gasteiger partial charge in [0, 0.05) is 0 Å². The van der Waals surface area contributed by atoms with E-state index in [1.165, 1.54) is 0 Å². The number of H-pyrrole nitrogens is 2. The Morgan fingerprint density at radius 3 is 2.20 bits per heavy atom. The summed E-state index contributed by atoms with van der Waals surface area (Å²) >= 11 is 5.00. The summed E-state index contributed by atoms with van der Waals surface area (Å²) in [5, 5.41) is 0. The Kier molecular flexibility index (Phi) is 2.99. The van der Waals surface area contributed by atoms with Gasteiger partial charge in [-0.2, -0.15) is 0 Å². The minimum Gasteiger partial charge on any atom is -0.331 e. The third-order valence-corrected chi connectivity index (χ3v) is 5.10. The molecule has 102 valence electrons. The molecule has 3 rings (SSSR count). The van der Waals surface area contributed by atoms with Gasteiger partial charge < -0.3 is 9.97 Å². The number of hydrogen-bond acceptors (Lipinski definition) is 3. The SMILES string of the molecule is Cc1ccc(S(=O)(=O)c2ccc3[nH]c(=S)[nH]c3c2)cc1. The minimum atomic E-state index is -3.51. The largest absolute Gasteiger partial charge is 0.331 e. The average molecular weight is 304 g/mol. The monoisotopic (exact) mass is 304 g/mol. The van der Waals surface area contributed by atoms with Crippen LogP contribution in [0.25, 0.3) is 11.0 Å². The summed E-state index contributed by atoms with van der Waals surface area (Å²) in [7, 11) is -3.51. The molecule has 3 aromatic rings. The first kappa shape index (κ1) is 13.1. The van der Waals surface area contributed by atoms with Crippen LogP contribution in [0.4, 0.5) is 0 Å². The van der Waals surface area contributed by atoms with Crippen molar-refractivity contribution in [3.8, 4) is 0 Å². The van der Waals surface area contributed by atoms with E-state index in [-0.39, 0.29) is 9.79 Å². The number of benzene rings is 2. The number of fused-ring (bicyclic) bond motifs is 1. The second kappa shape index (κ2) is 4.57. The summed E-state index contributed by atoms with van der Waals surface area (Å²) < 4.78 is 25.6. The van der Waals surface area contributed by atoms with Gasteiger partial charge in [-0.25, -0.2) is 8.42 Å². The maximum atomic E-state index is 12.5. The highest BCUT2D eigenvalue weighted by Crippen LogP contribution is 2.23. The lowest BCUT2D eigenvalue weighted by molar-refractivity contribution is 0.596. The molecule has 0 saturated heterocycles. The molecule has 0 fully saturated rings. The molecule has 1 aromatic heterocycles. The zero-order valence-electron chi connectivity index (χ0n) is 10.7. The van der Waals surface area contributed by atoms with E-state index in [4.69, 9.17) is 12.2 Å². The normalized spacial score (nSPS) is 11.8. The van der Waals surface area contributed by atoms with Gasteiger partial charge in [0.2, 0.25) is 9.84 Å². The third kappa shape index (κ3) is 2.17. The molecule has 0 saturated carbocycles. The highest BCUT2D eigenvalue weighted by atomic mass is 32.2. The van der Waals surface area contributed by atoms with Gasteiger partial charge in [0.1, 0.15) is 0 Å². The molecule has 20 heavy (non-hydrogen) atoms. The summed E-state index contributed by atoms with van der Waals surface area (Å²) in [5.41, 5.74) is 2.50. The van der Waals surface area contributed by atoms with Crippen LogP contribution in [0.2, 0.25) is 0 Å². The van der Waals surface area contributed by atoms with Gasteiger partial charge in [-0.1, -0.05) is 17.7 Å². The molecule has 6 heteroatoms. The van der Waals surface area contributed by atoms with Crippen molar-refractivity contribution in [2.45, 2.75) is 16.7 Å². The number of rotatable bonds is 2. The van der Waals surface area contributed by atoms with Crippen LogP contribution >= 0.6 is 12.2 Å². The van der Waals surface area contributed by atoms with Crippen LogP contribution in [-0.2, 0) is 9.84 Å². The first-order chi connectivity index (χ1) is 9.46. The summed E-state index contributed by atoms with van der Waals surface area (Å²) in [5.74, 6) is 0. The van der Waals surface area contributed by atoms with E-state index in [1.807, 2.05) is 6.92 Å². The quantitative estimate of drug-likeness (QED) is 0.713. The van der Waals surface area contributed by atoms with E-state index < -0.39 is 9.84 Å². The van der Waals surface area contributed by atoms with E-state index in [9.17, 15) is 8.42 Å². The van der Waals surface area contributed by atoms with Gasteiger partial charge in [-0.15, -0.1) is 0 Å². The molecule has 0 aliphatic rings. The van der Waals surface area contributed by atoms with Crippen molar-refractivity contribution in [3.05, 3.63) is 52.8 Å². The third-order valence-electron chi connectivity index (χ3n) is 3.13. The summed E-state index contributed by atoms with van der Waals surface area (Å²) in [6.07, 6.45) is 0. The van der Waals surface area contributed by atoms with Crippen LogP contribution in [0.5, 0.6) is 0 Å². The highest BCUT2D eigenvalue weighted by molar-refractivity contribution is 7.91. The number of hydrogen-bond donors (Lipinski definition) is 2. The number of aromatic nitrogens is 2. The number of aromatic amines is 2. The zero-order chi connectivity index (χ0) is 14.3. The smallest absolute Gasteiger partial charge is 0.206 e. The summed E-state index contributed by atoms with van der Waals surface area (Å²) in [6.45, 7) is 1.92. The second-order valence-electron chi connectivity index (χ2n) is 4.60. The fraction of sp³-hybridized carbons (Fsp3) is 0.0714. The van der Waals surface area contributed by atoms with Crippen molar-refractivity contribution in [2.75, 3.05) is 0 Å². The van der Waals surface area contributed by atoms with Crippen molar-refractivity contribution in [1.29, 1.82) is 0 Å². The molecule has 0 aliphatic heterocycles. The fourth-order valence-electron chi connectivity index (χ4n) is 2.03. The van der Waals surface area contributed by atoms with Crippen LogP contribution in [0, 0.1) is 11.7 Å². The lowest BCUT2D eigenvalue weighted by Gasteiger charge is -2.05. The summed E-state index contributed by atoms with van der Waals surface area (Å²) in [6, 6.07) is 11.7.